The Labute approximate surface area is 135 Å². The molecular weight excluding hydrogens is 300 g/mol. The van der Waals surface area contributed by atoms with E-state index in [0.717, 1.165) is 5.57 Å². The van der Waals surface area contributed by atoms with Crippen molar-refractivity contribution in [1.29, 1.82) is 0 Å². The van der Waals surface area contributed by atoms with Gasteiger partial charge in [0.05, 0.1) is 0 Å². The molecule has 0 amide bonds. The van der Waals surface area contributed by atoms with Crippen LogP contribution in [0.5, 0.6) is 11.5 Å². The van der Waals surface area contributed by atoms with Crippen LogP contribution in [-0.4, -0.2) is 17.9 Å². The van der Waals surface area contributed by atoms with Gasteiger partial charge in [-0.2, -0.15) is 0 Å². The molecule has 6 heteroatoms. The van der Waals surface area contributed by atoms with Crippen molar-refractivity contribution in [3.8, 4) is 11.5 Å². The predicted octanol–water partition coefficient (Wildman–Crippen LogP) is 3.11. The Balaban J connectivity index is 3.33. The van der Waals surface area contributed by atoms with Crippen LogP contribution in [0.1, 0.15) is 46.3 Å². The first-order valence-corrected chi connectivity index (χ1v) is 7.02. The summed E-state index contributed by atoms with van der Waals surface area (Å²) in [5, 5.41) is 0. The van der Waals surface area contributed by atoms with Crippen LogP contribution in [0, 0.1) is 0 Å². The zero-order chi connectivity index (χ0) is 17.6. The standard InChI is InChI=1S/C17H20O6/c1-10(2)8-16(22-12(4)19)15-7-6-14(21-11(3)18)9-17(15)23-13(5)20/h6-9,16H,1-5H3. The van der Waals surface area contributed by atoms with Crippen LogP contribution in [-0.2, 0) is 19.1 Å². The Morgan fingerprint density at radius 1 is 0.913 bits per heavy atom. The van der Waals surface area contributed by atoms with Gasteiger partial charge in [0.2, 0.25) is 0 Å². The predicted molar refractivity (Wildman–Crippen MR) is 83.0 cm³/mol. The first-order valence-electron chi connectivity index (χ1n) is 7.02. The lowest BCUT2D eigenvalue weighted by atomic mass is 10.1. The van der Waals surface area contributed by atoms with Crippen molar-refractivity contribution in [2.75, 3.05) is 0 Å². The number of hydrogen-bond donors (Lipinski definition) is 0. The second-order valence-corrected chi connectivity index (χ2v) is 5.16. The van der Waals surface area contributed by atoms with Gasteiger partial charge in [-0.3, -0.25) is 14.4 Å². The van der Waals surface area contributed by atoms with E-state index in [1.165, 1.54) is 26.8 Å². The maximum Gasteiger partial charge on any atom is 0.308 e. The second-order valence-electron chi connectivity index (χ2n) is 5.16. The van der Waals surface area contributed by atoms with Crippen molar-refractivity contribution in [1.82, 2.24) is 0 Å². The zero-order valence-electron chi connectivity index (χ0n) is 13.8. The first kappa shape index (κ1) is 18.4. The lowest BCUT2D eigenvalue weighted by Crippen LogP contribution is -2.11. The lowest BCUT2D eigenvalue weighted by molar-refractivity contribution is -0.144. The summed E-state index contributed by atoms with van der Waals surface area (Å²) >= 11 is 0. The Bertz CT molecular complexity index is 640. The van der Waals surface area contributed by atoms with Crippen LogP contribution in [0.25, 0.3) is 0 Å². The quantitative estimate of drug-likeness (QED) is 0.471. The largest absolute Gasteiger partial charge is 0.453 e. The van der Waals surface area contributed by atoms with Crippen LogP contribution >= 0.6 is 0 Å². The van der Waals surface area contributed by atoms with Gasteiger partial charge in [0, 0.05) is 32.4 Å². The molecule has 0 aliphatic carbocycles. The van der Waals surface area contributed by atoms with Gasteiger partial charge in [-0.25, -0.2) is 0 Å². The van der Waals surface area contributed by atoms with Crippen molar-refractivity contribution < 1.29 is 28.6 Å². The summed E-state index contributed by atoms with van der Waals surface area (Å²) in [6.45, 7) is 7.53. The van der Waals surface area contributed by atoms with Crippen molar-refractivity contribution in [3.63, 3.8) is 0 Å². The number of rotatable bonds is 5. The second kappa shape index (κ2) is 8.12. The number of carbonyl (C=O) groups excluding carboxylic acids is 3. The Morgan fingerprint density at radius 3 is 2.00 bits per heavy atom. The van der Waals surface area contributed by atoms with Gasteiger partial charge < -0.3 is 14.2 Å². The SMILES string of the molecule is CC(=O)Oc1ccc(C(C=C(C)C)OC(C)=O)c(OC(C)=O)c1. The smallest absolute Gasteiger partial charge is 0.308 e. The van der Waals surface area contributed by atoms with Crippen LogP contribution in [0.2, 0.25) is 0 Å². The minimum atomic E-state index is -0.710. The van der Waals surface area contributed by atoms with E-state index in [1.54, 1.807) is 18.2 Å². The van der Waals surface area contributed by atoms with Crippen LogP contribution in [0.4, 0.5) is 0 Å². The molecule has 1 aromatic carbocycles. The molecule has 0 aromatic heterocycles. The molecule has 1 rings (SSSR count). The molecule has 6 nitrogen and oxygen atoms in total. The van der Waals surface area contributed by atoms with E-state index < -0.39 is 24.0 Å². The highest BCUT2D eigenvalue weighted by Crippen LogP contribution is 2.33. The van der Waals surface area contributed by atoms with Crippen LogP contribution in [0.3, 0.4) is 0 Å². The number of allylic oxidation sites excluding steroid dienone is 1. The summed E-state index contributed by atoms with van der Waals surface area (Å²) in [5.74, 6) is -1.10. The highest BCUT2D eigenvalue weighted by atomic mass is 16.6. The van der Waals surface area contributed by atoms with E-state index in [4.69, 9.17) is 14.2 Å². The number of benzene rings is 1. The highest BCUT2D eigenvalue weighted by Gasteiger charge is 2.19. The molecule has 0 aliphatic rings. The van der Waals surface area contributed by atoms with Gasteiger partial charge in [-0.1, -0.05) is 5.57 Å². The maximum absolute atomic E-state index is 11.3. The Kier molecular flexibility index (Phi) is 6.50. The van der Waals surface area contributed by atoms with Gasteiger partial charge in [0.15, 0.2) is 0 Å². The molecular formula is C17H20O6. The molecule has 0 spiro atoms. The van der Waals surface area contributed by atoms with E-state index >= 15 is 0 Å². The fourth-order valence-corrected chi connectivity index (χ4v) is 1.89. The molecule has 0 heterocycles. The van der Waals surface area contributed by atoms with E-state index in [1.807, 2.05) is 13.8 Å². The van der Waals surface area contributed by atoms with Crippen LogP contribution in [0.15, 0.2) is 29.8 Å². The van der Waals surface area contributed by atoms with E-state index in [-0.39, 0.29) is 11.5 Å². The molecule has 0 saturated carbocycles. The van der Waals surface area contributed by atoms with Crippen molar-refractivity contribution in [3.05, 3.63) is 35.4 Å². The molecule has 124 valence electrons. The lowest BCUT2D eigenvalue weighted by Gasteiger charge is -2.18. The summed E-state index contributed by atoms with van der Waals surface area (Å²) in [5.41, 5.74) is 1.40. The molecule has 0 saturated heterocycles. The Hall–Kier alpha value is -2.63. The first-order chi connectivity index (χ1) is 10.7. The minimum Gasteiger partial charge on any atom is -0.453 e. The Morgan fingerprint density at radius 2 is 1.52 bits per heavy atom. The maximum atomic E-state index is 11.3. The number of hydrogen-bond acceptors (Lipinski definition) is 6. The molecule has 0 bridgehead atoms. The third kappa shape index (κ3) is 6.34. The summed E-state index contributed by atoms with van der Waals surface area (Å²) in [6, 6.07) is 4.54. The topological polar surface area (TPSA) is 78.9 Å². The molecule has 0 radical (unpaired) electrons. The van der Waals surface area contributed by atoms with Crippen molar-refractivity contribution >= 4 is 17.9 Å². The molecule has 1 aromatic rings. The van der Waals surface area contributed by atoms with Crippen molar-refractivity contribution in [2.24, 2.45) is 0 Å². The fraction of sp³-hybridized carbons (Fsp3) is 0.353. The highest BCUT2D eigenvalue weighted by molar-refractivity contribution is 5.72. The molecule has 23 heavy (non-hydrogen) atoms. The van der Waals surface area contributed by atoms with Gasteiger partial charge in [-0.15, -0.1) is 0 Å². The normalized spacial score (nSPS) is 11.2. The zero-order valence-corrected chi connectivity index (χ0v) is 13.8. The van der Waals surface area contributed by atoms with E-state index in [2.05, 4.69) is 0 Å². The number of esters is 3. The average molecular weight is 320 g/mol. The fourth-order valence-electron chi connectivity index (χ4n) is 1.89. The van der Waals surface area contributed by atoms with E-state index in [0.29, 0.717) is 5.56 Å². The molecule has 1 unspecified atom stereocenters. The molecule has 0 N–H and O–H groups in total. The summed E-state index contributed by atoms with van der Waals surface area (Å²) < 4.78 is 15.4. The summed E-state index contributed by atoms with van der Waals surface area (Å²) in [4.78, 5) is 33.7. The van der Waals surface area contributed by atoms with Gasteiger partial charge in [0.25, 0.3) is 0 Å². The third-order valence-electron chi connectivity index (χ3n) is 2.58. The average Bonchev–Trinajstić information content (AvgIpc) is 2.35. The third-order valence-corrected chi connectivity index (χ3v) is 2.58. The summed E-state index contributed by atoms with van der Waals surface area (Å²) in [6.07, 6.45) is 1.02. The number of carbonyl (C=O) groups is 3. The number of ether oxygens (including phenoxy) is 3. The van der Waals surface area contributed by atoms with E-state index in [9.17, 15) is 14.4 Å². The van der Waals surface area contributed by atoms with Gasteiger partial charge in [0.1, 0.15) is 17.6 Å². The van der Waals surface area contributed by atoms with Gasteiger partial charge >= 0.3 is 17.9 Å². The minimum absolute atomic E-state index is 0.167. The van der Waals surface area contributed by atoms with Crippen molar-refractivity contribution in [2.45, 2.75) is 40.7 Å². The monoisotopic (exact) mass is 320 g/mol. The molecule has 0 fully saturated rings. The molecule has 1 atom stereocenters. The van der Waals surface area contributed by atoms with Gasteiger partial charge in [-0.05, 0) is 32.1 Å². The van der Waals surface area contributed by atoms with Crippen LogP contribution < -0.4 is 9.47 Å². The summed E-state index contributed by atoms with van der Waals surface area (Å²) in [7, 11) is 0. The molecule has 0 aliphatic heterocycles.